The van der Waals surface area contributed by atoms with Crippen LogP contribution in [0.25, 0.3) is 17.0 Å². The molecule has 3 N–H and O–H groups in total. The summed E-state index contributed by atoms with van der Waals surface area (Å²) in [6.07, 6.45) is 4.24. The smallest absolute Gasteiger partial charge is 0.324 e. The Morgan fingerprint density at radius 2 is 1.77 bits per heavy atom. The molecule has 2 aromatic rings. The summed E-state index contributed by atoms with van der Waals surface area (Å²) < 4.78 is 16.2. The largest absolute Gasteiger partial charge is 0.468 e. The molecule has 1 aliphatic heterocycles. The van der Waals surface area contributed by atoms with Crippen LogP contribution in [0, 0.1) is 11.3 Å². The Morgan fingerprint density at radius 1 is 1.08 bits per heavy atom. The summed E-state index contributed by atoms with van der Waals surface area (Å²) in [4.78, 5) is 69.2. The van der Waals surface area contributed by atoms with Crippen LogP contribution in [0.4, 0.5) is 0 Å². The number of fused-ring (bicyclic) bond motifs is 1. The predicted molar refractivity (Wildman–Crippen MR) is 202 cm³/mol. The van der Waals surface area contributed by atoms with E-state index in [2.05, 4.69) is 35.7 Å². The van der Waals surface area contributed by atoms with Crippen molar-refractivity contribution >= 4 is 54.7 Å². The maximum atomic E-state index is 14.1. The van der Waals surface area contributed by atoms with E-state index in [0.717, 1.165) is 17.0 Å². The van der Waals surface area contributed by atoms with Crippen molar-refractivity contribution in [3.05, 3.63) is 47.7 Å². The van der Waals surface area contributed by atoms with Gasteiger partial charge >= 0.3 is 11.9 Å². The number of hydrazine groups is 1. The number of amides is 3. The third kappa shape index (κ3) is 12.2. The first-order valence-corrected chi connectivity index (χ1v) is 21.7. The number of nitrogens with one attached hydrogen (secondary N) is 3. The first-order valence-electron chi connectivity index (χ1n) is 17.9. The number of methoxy groups -OCH3 is 1. The van der Waals surface area contributed by atoms with Gasteiger partial charge in [-0.3, -0.25) is 29.0 Å². The van der Waals surface area contributed by atoms with E-state index in [-0.39, 0.29) is 18.5 Å². The topological polar surface area (TPSA) is 165 Å². The van der Waals surface area contributed by atoms with Crippen LogP contribution >= 0.6 is 0 Å². The van der Waals surface area contributed by atoms with Crippen molar-refractivity contribution in [2.45, 2.75) is 104 Å². The molecule has 0 bridgehead atoms. The zero-order chi connectivity index (χ0) is 38.8. The molecule has 2 heterocycles. The Labute approximate surface area is 308 Å². The molecule has 3 rings (SSSR count). The second kappa shape index (κ2) is 18.6. The van der Waals surface area contributed by atoms with Gasteiger partial charge in [0.2, 0.25) is 11.8 Å². The van der Waals surface area contributed by atoms with Gasteiger partial charge in [-0.25, -0.2) is 10.4 Å². The average Bonchev–Trinajstić information content (AvgIpc) is 3.09. The van der Waals surface area contributed by atoms with Crippen LogP contribution in [0.2, 0.25) is 25.7 Å². The fourth-order valence-electron chi connectivity index (χ4n) is 5.62. The van der Waals surface area contributed by atoms with Gasteiger partial charge in [0.15, 0.2) is 0 Å². The molecular formula is C38H57N5O8Si. The molecule has 1 fully saturated rings. The van der Waals surface area contributed by atoms with Crippen molar-refractivity contribution < 1.29 is 38.2 Å². The summed E-state index contributed by atoms with van der Waals surface area (Å²) in [5.74, 6) is -2.47. The molecule has 5 atom stereocenters. The standard InChI is InChI=1S/C38H57N5O8Si/c1-24(2)33(34(45)39-25(3)35(46)43-19-11-12-31(42-43)36(47)49-7)41-37(48)38(6,23-50-20-21-52(8,9)10)18-17-28-13-14-29-15-16-30(40-32(29)22-28)26(4)51-27(5)44/h13-18,22,24-26,31,33,42H,11-12,19-21,23H2,1-10H3,(H,39,45)(H,41,48)/b18-17+/t25-,26+,31-,33-,38?/m0/s1. The zero-order valence-corrected chi connectivity index (χ0v) is 33.3. The van der Waals surface area contributed by atoms with Gasteiger partial charge in [0.05, 0.1) is 30.3 Å². The summed E-state index contributed by atoms with van der Waals surface area (Å²) in [5, 5.41) is 7.94. The van der Waals surface area contributed by atoms with E-state index in [1.54, 1.807) is 26.8 Å². The molecule has 3 amide bonds. The lowest BCUT2D eigenvalue weighted by atomic mass is 9.88. The van der Waals surface area contributed by atoms with Crippen LogP contribution in [0.3, 0.4) is 0 Å². The number of esters is 2. The normalized spacial score (nSPS) is 18.0. The second-order valence-electron chi connectivity index (χ2n) is 15.3. The van der Waals surface area contributed by atoms with E-state index in [1.165, 1.54) is 19.0 Å². The van der Waals surface area contributed by atoms with Crippen molar-refractivity contribution in [3.63, 3.8) is 0 Å². The molecule has 1 aromatic heterocycles. The number of rotatable bonds is 16. The molecule has 14 heteroatoms. The van der Waals surface area contributed by atoms with Crippen molar-refractivity contribution in [2.24, 2.45) is 11.3 Å². The number of pyridine rings is 1. The summed E-state index contributed by atoms with van der Waals surface area (Å²) in [7, 11) is -0.102. The van der Waals surface area contributed by atoms with Crippen molar-refractivity contribution in [2.75, 3.05) is 26.9 Å². The molecular weight excluding hydrogens is 683 g/mol. The number of benzene rings is 1. The number of carbonyl (C=O) groups excluding carboxylic acids is 5. The molecule has 0 saturated carbocycles. The molecule has 1 aliphatic rings. The van der Waals surface area contributed by atoms with Gasteiger partial charge in [-0.1, -0.05) is 63.8 Å². The van der Waals surface area contributed by atoms with Gasteiger partial charge in [-0.2, -0.15) is 0 Å². The minimum Gasteiger partial charge on any atom is -0.468 e. The molecule has 52 heavy (non-hydrogen) atoms. The van der Waals surface area contributed by atoms with E-state index in [9.17, 15) is 24.0 Å². The van der Waals surface area contributed by atoms with Crippen LogP contribution in [-0.2, 0) is 38.2 Å². The van der Waals surface area contributed by atoms with Gasteiger partial charge in [-0.05, 0) is 63.3 Å². The Kier molecular flexibility index (Phi) is 15.1. The van der Waals surface area contributed by atoms with Crippen LogP contribution in [0.1, 0.15) is 71.7 Å². The van der Waals surface area contributed by atoms with E-state index < -0.39 is 61.4 Å². The third-order valence-corrected chi connectivity index (χ3v) is 10.7. The van der Waals surface area contributed by atoms with Gasteiger partial charge in [-0.15, -0.1) is 0 Å². The minimum absolute atomic E-state index is 0.0823. The van der Waals surface area contributed by atoms with Gasteiger partial charge < -0.3 is 24.8 Å². The SMILES string of the molecule is COC(=O)[C@@H]1CCCN(C(=O)[C@H](C)NC(=O)[C@@H](NC(=O)C(C)(/C=C/c2ccc3ccc([C@@H](C)OC(C)=O)nc3c2)COCC[Si](C)(C)C)C(C)C)N1. The quantitative estimate of drug-likeness (QED) is 0.126. The minimum atomic E-state index is -1.39. The number of hydrogen-bond acceptors (Lipinski definition) is 10. The van der Waals surface area contributed by atoms with Crippen LogP contribution in [0.15, 0.2) is 36.4 Å². The van der Waals surface area contributed by atoms with Gasteiger partial charge in [0, 0.05) is 33.5 Å². The average molecular weight is 740 g/mol. The zero-order valence-electron chi connectivity index (χ0n) is 32.3. The summed E-state index contributed by atoms with van der Waals surface area (Å²) in [6.45, 7) is 17.8. The van der Waals surface area contributed by atoms with E-state index in [1.807, 2.05) is 50.3 Å². The number of aromatic nitrogens is 1. The van der Waals surface area contributed by atoms with E-state index in [4.69, 9.17) is 19.2 Å². The highest BCUT2D eigenvalue weighted by Crippen LogP contribution is 2.25. The molecule has 0 radical (unpaired) electrons. The van der Waals surface area contributed by atoms with Crippen molar-refractivity contribution in [3.8, 4) is 0 Å². The van der Waals surface area contributed by atoms with E-state index >= 15 is 0 Å². The van der Waals surface area contributed by atoms with Crippen LogP contribution < -0.4 is 16.1 Å². The lowest BCUT2D eigenvalue weighted by molar-refractivity contribution is -0.151. The lowest BCUT2D eigenvalue weighted by Crippen LogP contribution is -2.61. The first kappa shape index (κ1) is 42.3. The number of ether oxygens (including phenoxy) is 3. The number of carbonyl (C=O) groups is 5. The summed E-state index contributed by atoms with van der Waals surface area (Å²) >= 11 is 0. The molecule has 286 valence electrons. The Balaban J connectivity index is 1.81. The molecule has 1 unspecified atom stereocenters. The number of nitrogens with zero attached hydrogens (tertiary/aromatic N) is 2. The third-order valence-electron chi connectivity index (χ3n) is 8.96. The Hall–Kier alpha value is -4.14. The highest BCUT2D eigenvalue weighted by molar-refractivity contribution is 6.76. The molecule has 0 spiro atoms. The summed E-state index contributed by atoms with van der Waals surface area (Å²) in [5.41, 5.74) is 3.85. The van der Waals surface area contributed by atoms with Crippen LogP contribution in [-0.4, -0.2) is 92.7 Å². The maximum Gasteiger partial charge on any atom is 0.324 e. The highest BCUT2D eigenvalue weighted by atomic mass is 28.3. The van der Waals surface area contributed by atoms with Crippen molar-refractivity contribution in [1.82, 2.24) is 26.1 Å². The molecule has 0 aliphatic carbocycles. The highest BCUT2D eigenvalue weighted by Gasteiger charge is 2.37. The first-order chi connectivity index (χ1) is 24.3. The Bertz CT molecular complexity index is 1630. The fourth-order valence-corrected chi connectivity index (χ4v) is 6.38. The maximum absolute atomic E-state index is 14.1. The van der Waals surface area contributed by atoms with Crippen molar-refractivity contribution in [1.29, 1.82) is 0 Å². The number of hydrogen-bond donors (Lipinski definition) is 3. The predicted octanol–water partition coefficient (Wildman–Crippen LogP) is 4.55. The van der Waals surface area contributed by atoms with Crippen LogP contribution in [0.5, 0.6) is 0 Å². The van der Waals surface area contributed by atoms with Gasteiger partial charge in [0.1, 0.15) is 24.2 Å². The second-order valence-corrected chi connectivity index (χ2v) is 20.9. The fraction of sp³-hybridized carbons (Fsp3) is 0.579. The monoisotopic (exact) mass is 739 g/mol. The van der Waals surface area contributed by atoms with E-state index in [0.29, 0.717) is 37.2 Å². The summed E-state index contributed by atoms with van der Waals surface area (Å²) in [6, 6.07) is 7.90. The molecule has 1 saturated heterocycles. The molecule has 13 nitrogen and oxygen atoms in total. The van der Waals surface area contributed by atoms with Gasteiger partial charge in [0.25, 0.3) is 5.91 Å². The molecule has 1 aromatic carbocycles. The lowest BCUT2D eigenvalue weighted by Gasteiger charge is -2.34. The Morgan fingerprint density at radius 3 is 2.40 bits per heavy atom.